The summed E-state index contributed by atoms with van der Waals surface area (Å²) >= 11 is 0. The van der Waals surface area contributed by atoms with E-state index in [0.29, 0.717) is 0 Å². The van der Waals surface area contributed by atoms with Crippen molar-refractivity contribution in [1.29, 1.82) is 0 Å². The van der Waals surface area contributed by atoms with Crippen molar-refractivity contribution in [2.75, 3.05) is 18.9 Å². The van der Waals surface area contributed by atoms with Gasteiger partial charge in [-0.25, -0.2) is 4.79 Å². The van der Waals surface area contributed by atoms with Gasteiger partial charge in [0.2, 0.25) is 0 Å². The Kier molecular flexibility index (Phi) is 4.95. The lowest BCUT2D eigenvalue weighted by molar-refractivity contribution is -0.140. The number of ether oxygens (including phenoxy) is 1. The largest absolute Gasteiger partial charge is 0.452 e. The lowest BCUT2D eigenvalue weighted by Crippen LogP contribution is -2.36. The summed E-state index contributed by atoms with van der Waals surface area (Å²) in [6.45, 7) is -0.551. The molecule has 0 aromatic heterocycles. The number of benzene rings is 1. The summed E-state index contributed by atoms with van der Waals surface area (Å²) in [6, 6.07) is 4.64. The lowest BCUT2D eigenvalue weighted by Gasteiger charge is -2.09. The van der Waals surface area contributed by atoms with Crippen LogP contribution in [0.4, 0.5) is 18.9 Å². The van der Waals surface area contributed by atoms with Crippen LogP contribution in [0.15, 0.2) is 18.2 Å². The molecule has 3 N–H and O–H groups in total. The standard InChI is InChI=1S/C12H13F3N2O3/c1-7-2-3-9(16)8(4-7)11(19)20-5-10(18)17-6-12(13,14)15/h2-4H,5-6,16H2,1H3,(H,17,18). The Labute approximate surface area is 112 Å². The van der Waals surface area contributed by atoms with E-state index < -0.39 is 31.2 Å². The van der Waals surface area contributed by atoms with Gasteiger partial charge >= 0.3 is 12.1 Å². The number of hydrogen-bond donors (Lipinski definition) is 2. The van der Waals surface area contributed by atoms with Gasteiger partial charge in [0.25, 0.3) is 5.91 Å². The van der Waals surface area contributed by atoms with E-state index in [1.165, 1.54) is 12.1 Å². The predicted octanol–water partition coefficient (Wildman–Crippen LogP) is 1.41. The number of alkyl halides is 3. The fraction of sp³-hybridized carbons (Fsp3) is 0.333. The summed E-state index contributed by atoms with van der Waals surface area (Å²) in [5, 5.41) is 1.58. The Morgan fingerprint density at radius 2 is 2.00 bits per heavy atom. The molecule has 20 heavy (non-hydrogen) atoms. The molecule has 8 heteroatoms. The highest BCUT2D eigenvalue weighted by Crippen LogP contribution is 2.15. The molecule has 110 valence electrons. The number of anilines is 1. The first kappa shape index (κ1) is 15.8. The van der Waals surface area contributed by atoms with Crippen LogP contribution in [0.5, 0.6) is 0 Å². The number of nitrogen functional groups attached to an aromatic ring is 1. The van der Waals surface area contributed by atoms with Gasteiger partial charge in [0.1, 0.15) is 6.54 Å². The lowest BCUT2D eigenvalue weighted by atomic mass is 10.1. The molecule has 0 aliphatic rings. The summed E-state index contributed by atoms with van der Waals surface area (Å²) < 4.78 is 40.1. The molecular weight excluding hydrogens is 277 g/mol. The molecule has 1 rings (SSSR count). The molecule has 0 radical (unpaired) electrons. The number of nitrogens with two attached hydrogens (primary N) is 1. The molecule has 0 aliphatic carbocycles. The van der Waals surface area contributed by atoms with Gasteiger partial charge in [0.05, 0.1) is 5.56 Å². The maximum absolute atomic E-state index is 11.8. The molecule has 0 bridgehead atoms. The number of carbonyl (C=O) groups is 2. The SMILES string of the molecule is Cc1ccc(N)c(C(=O)OCC(=O)NCC(F)(F)F)c1. The maximum Gasteiger partial charge on any atom is 0.405 e. The molecule has 0 saturated carbocycles. The van der Waals surface area contributed by atoms with E-state index >= 15 is 0 Å². The van der Waals surface area contributed by atoms with Crippen molar-refractivity contribution in [2.24, 2.45) is 0 Å². The van der Waals surface area contributed by atoms with Gasteiger partial charge in [-0.05, 0) is 19.1 Å². The van der Waals surface area contributed by atoms with Crippen molar-refractivity contribution < 1.29 is 27.5 Å². The molecule has 1 aromatic rings. The van der Waals surface area contributed by atoms with Crippen LogP contribution in [0.1, 0.15) is 15.9 Å². The number of aryl methyl sites for hydroxylation is 1. The highest BCUT2D eigenvalue weighted by Gasteiger charge is 2.27. The summed E-state index contributed by atoms with van der Waals surface area (Å²) in [6.07, 6.45) is -4.51. The van der Waals surface area contributed by atoms with Crippen molar-refractivity contribution >= 4 is 17.6 Å². The fourth-order valence-corrected chi connectivity index (χ4v) is 1.31. The van der Waals surface area contributed by atoms with Gasteiger partial charge in [-0.15, -0.1) is 0 Å². The second-order valence-electron chi connectivity index (χ2n) is 4.06. The van der Waals surface area contributed by atoms with Crippen LogP contribution in [0.25, 0.3) is 0 Å². The highest BCUT2D eigenvalue weighted by molar-refractivity contribution is 5.96. The van der Waals surface area contributed by atoms with Gasteiger partial charge in [-0.1, -0.05) is 11.6 Å². The molecule has 0 saturated heterocycles. The minimum Gasteiger partial charge on any atom is -0.452 e. The van der Waals surface area contributed by atoms with Gasteiger partial charge in [-0.2, -0.15) is 13.2 Å². The highest BCUT2D eigenvalue weighted by atomic mass is 19.4. The number of carbonyl (C=O) groups excluding carboxylic acids is 2. The first-order chi connectivity index (χ1) is 9.19. The van der Waals surface area contributed by atoms with Crippen LogP contribution in [-0.4, -0.2) is 31.2 Å². The normalized spacial score (nSPS) is 11.0. The van der Waals surface area contributed by atoms with Crippen molar-refractivity contribution in [2.45, 2.75) is 13.1 Å². The van der Waals surface area contributed by atoms with E-state index in [1.54, 1.807) is 18.3 Å². The zero-order chi connectivity index (χ0) is 15.3. The molecule has 1 amide bonds. The first-order valence-electron chi connectivity index (χ1n) is 5.56. The molecule has 0 heterocycles. The van der Waals surface area contributed by atoms with E-state index in [2.05, 4.69) is 4.74 Å². The molecule has 5 nitrogen and oxygen atoms in total. The van der Waals surface area contributed by atoms with E-state index in [-0.39, 0.29) is 11.3 Å². The number of amides is 1. The maximum atomic E-state index is 11.8. The zero-order valence-electron chi connectivity index (χ0n) is 10.6. The van der Waals surface area contributed by atoms with Crippen molar-refractivity contribution in [1.82, 2.24) is 5.32 Å². The summed E-state index contributed by atoms with van der Waals surface area (Å²) in [5.74, 6) is -1.91. The van der Waals surface area contributed by atoms with E-state index in [9.17, 15) is 22.8 Å². The van der Waals surface area contributed by atoms with Crippen molar-refractivity contribution in [3.8, 4) is 0 Å². The van der Waals surface area contributed by atoms with Crippen LogP contribution in [0.2, 0.25) is 0 Å². The first-order valence-corrected chi connectivity index (χ1v) is 5.56. The minimum atomic E-state index is -4.51. The monoisotopic (exact) mass is 290 g/mol. The zero-order valence-corrected chi connectivity index (χ0v) is 10.6. The minimum absolute atomic E-state index is 0.0635. The molecule has 0 unspecified atom stereocenters. The van der Waals surface area contributed by atoms with Crippen LogP contribution in [0, 0.1) is 6.92 Å². The third-order valence-electron chi connectivity index (χ3n) is 2.25. The van der Waals surface area contributed by atoms with Gasteiger partial charge in [-0.3, -0.25) is 4.79 Å². The van der Waals surface area contributed by atoms with Crippen LogP contribution >= 0.6 is 0 Å². The average Bonchev–Trinajstić information content (AvgIpc) is 2.35. The molecule has 0 fully saturated rings. The average molecular weight is 290 g/mol. The summed E-state index contributed by atoms with van der Waals surface area (Å²) in [4.78, 5) is 22.7. The second-order valence-corrected chi connectivity index (χ2v) is 4.06. The fourth-order valence-electron chi connectivity index (χ4n) is 1.31. The molecule has 1 aromatic carbocycles. The number of rotatable bonds is 4. The Morgan fingerprint density at radius 1 is 1.35 bits per heavy atom. The Bertz CT molecular complexity index is 515. The molecule has 0 atom stereocenters. The number of nitrogens with one attached hydrogen (secondary N) is 1. The quantitative estimate of drug-likeness (QED) is 0.649. The van der Waals surface area contributed by atoms with Gasteiger partial charge < -0.3 is 15.8 Å². The van der Waals surface area contributed by atoms with Crippen molar-refractivity contribution in [3.05, 3.63) is 29.3 Å². The number of hydrogen-bond acceptors (Lipinski definition) is 4. The molecular formula is C12H13F3N2O3. The molecule has 0 spiro atoms. The predicted molar refractivity (Wildman–Crippen MR) is 64.9 cm³/mol. The third-order valence-corrected chi connectivity index (χ3v) is 2.25. The molecule has 0 aliphatic heterocycles. The van der Waals surface area contributed by atoms with Crippen molar-refractivity contribution in [3.63, 3.8) is 0 Å². The number of esters is 1. The Morgan fingerprint density at radius 3 is 2.60 bits per heavy atom. The van der Waals surface area contributed by atoms with E-state index in [0.717, 1.165) is 5.56 Å². The Balaban J connectivity index is 2.51. The summed E-state index contributed by atoms with van der Waals surface area (Å²) in [5.41, 5.74) is 6.55. The van der Waals surface area contributed by atoms with Gasteiger partial charge in [0, 0.05) is 5.69 Å². The summed E-state index contributed by atoms with van der Waals surface area (Å²) in [7, 11) is 0. The third kappa shape index (κ3) is 5.17. The smallest absolute Gasteiger partial charge is 0.405 e. The van der Waals surface area contributed by atoms with E-state index in [1.807, 2.05) is 0 Å². The van der Waals surface area contributed by atoms with Crippen LogP contribution in [0.3, 0.4) is 0 Å². The van der Waals surface area contributed by atoms with Crippen LogP contribution in [-0.2, 0) is 9.53 Å². The topological polar surface area (TPSA) is 81.4 Å². The van der Waals surface area contributed by atoms with E-state index in [4.69, 9.17) is 5.73 Å². The second kappa shape index (κ2) is 6.27. The number of halogens is 3. The van der Waals surface area contributed by atoms with Gasteiger partial charge in [0.15, 0.2) is 6.61 Å². The van der Waals surface area contributed by atoms with Crippen LogP contribution < -0.4 is 11.1 Å². The Hall–Kier alpha value is -2.25.